The number of β-amino-alcohol motifs (C(OH)–C–C–N with tert-alkyl or cyclic N) is 1. The van der Waals surface area contributed by atoms with E-state index in [1.54, 1.807) is 24.7 Å². The van der Waals surface area contributed by atoms with Gasteiger partial charge in [-0.25, -0.2) is 15.0 Å². The minimum absolute atomic E-state index is 0.440. The topological polar surface area (TPSA) is 88.3 Å². The van der Waals surface area contributed by atoms with Crippen molar-refractivity contribution in [3.8, 4) is 5.75 Å². The SMILES string of the molecule is Cn1ccnc1COc1ccc(CNC[C@@]2(O)CCN(c3ncccn3)C2)cc1. The Balaban J connectivity index is 1.23. The minimum Gasteiger partial charge on any atom is -0.486 e. The average Bonchev–Trinajstić information content (AvgIpc) is 3.34. The van der Waals surface area contributed by atoms with E-state index in [2.05, 4.69) is 20.3 Å². The molecule has 0 spiro atoms. The van der Waals surface area contributed by atoms with Gasteiger partial charge >= 0.3 is 0 Å². The first-order chi connectivity index (χ1) is 14.1. The smallest absolute Gasteiger partial charge is 0.225 e. The van der Waals surface area contributed by atoms with E-state index >= 15 is 0 Å². The number of anilines is 1. The lowest BCUT2D eigenvalue weighted by Crippen LogP contribution is -2.43. The second-order valence-electron chi connectivity index (χ2n) is 7.44. The van der Waals surface area contributed by atoms with Crippen LogP contribution in [0.5, 0.6) is 5.75 Å². The second-order valence-corrected chi connectivity index (χ2v) is 7.44. The number of hydrogen-bond donors (Lipinski definition) is 2. The summed E-state index contributed by atoms with van der Waals surface area (Å²) >= 11 is 0. The number of aromatic nitrogens is 4. The molecule has 1 aromatic carbocycles. The number of ether oxygens (including phenoxy) is 1. The molecule has 0 unspecified atom stereocenters. The molecule has 152 valence electrons. The van der Waals surface area contributed by atoms with Gasteiger partial charge in [-0.15, -0.1) is 0 Å². The molecule has 3 heterocycles. The van der Waals surface area contributed by atoms with E-state index in [4.69, 9.17) is 4.74 Å². The summed E-state index contributed by atoms with van der Waals surface area (Å²) in [5.41, 5.74) is 0.365. The summed E-state index contributed by atoms with van der Waals surface area (Å²) in [7, 11) is 1.95. The predicted octanol–water partition coefficient (Wildman–Crippen LogP) is 1.52. The van der Waals surface area contributed by atoms with Crippen molar-refractivity contribution >= 4 is 5.95 Å². The molecule has 0 aliphatic carbocycles. The first kappa shape index (κ1) is 19.4. The summed E-state index contributed by atoms with van der Waals surface area (Å²) in [5, 5.41) is 14.2. The van der Waals surface area contributed by atoms with Gasteiger partial charge < -0.3 is 24.6 Å². The van der Waals surface area contributed by atoms with E-state index in [1.807, 2.05) is 47.0 Å². The number of rotatable bonds is 8. The molecular formula is C21H26N6O2. The highest BCUT2D eigenvalue weighted by molar-refractivity contribution is 5.32. The van der Waals surface area contributed by atoms with Crippen molar-refractivity contribution in [1.82, 2.24) is 24.8 Å². The van der Waals surface area contributed by atoms with E-state index in [0.717, 1.165) is 23.7 Å². The molecule has 1 saturated heterocycles. The van der Waals surface area contributed by atoms with Crippen LogP contribution < -0.4 is 15.0 Å². The second kappa shape index (κ2) is 8.59. The summed E-state index contributed by atoms with van der Waals surface area (Å²) in [5.74, 6) is 2.37. The van der Waals surface area contributed by atoms with Crippen molar-refractivity contribution in [3.05, 3.63) is 66.5 Å². The van der Waals surface area contributed by atoms with Crippen LogP contribution >= 0.6 is 0 Å². The molecule has 0 radical (unpaired) electrons. The summed E-state index contributed by atoms with van der Waals surface area (Å²) in [6, 6.07) is 9.77. The van der Waals surface area contributed by atoms with Gasteiger partial charge in [-0.1, -0.05) is 12.1 Å². The molecular weight excluding hydrogens is 368 g/mol. The Labute approximate surface area is 170 Å². The van der Waals surface area contributed by atoms with Crippen LogP contribution in [-0.4, -0.2) is 49.9 Å². The zero-order chi connectivity index (χ0) is 20.1. The van der Waals surface area contributed by atoms with E-state index < -0.39 is 5.60 Å². The zero-order valence-corrected chi connectivity index (χ0v) is 16.5. The van der Waals surface area contributed by atoms with Crippen molar-refractivity contribution in [3.63, 3.8) is 0 Å². The number of benzene rings is 1. The number of aliphatic hydroxyl groups is 1. The molecule has 0 saturated carbocycles. The first-order valence-electron chi connectivity index (χ1n) is 9.74. The monoisotopic (exact) mass is 394 g/mol. The number of nitrogens with zero attached hydrogens (tertiary/aromatic N) is 5. The van der Waals surface area contributed by atoms with Crippen molar-refractivity contribution < 1.29 is 9.84 Å². The van der Waals surface area contributed by atoms with Gasteiger partial charge in [0, 0.05) is 51.5 Å². The molecule has 2 aromatic heterocycles. The van der Waals surface area contributed by atoms with Crippen molar-refractivity contribution in [2.75, 3.05) is 24.5 Å². The lowest BCUT2D eigenvalue weighted by Gasteiger charge is -2.24. The summed E-state index contributed by atoms with van der Waals surface area (Å²) in [4.78, 5) is 14.8. The Morgan fingerprint density at radius 3 is 2.66 bits per heavy atom. The third-order valence-corrected chi connectivity index (χ3v) is 5.16. The van der Waals surface area contributed by atoms with Gasteiger partial charge in [-0.3, -0.25) is 0 Å². The van der Waals surface area contributed by atoms with E-state index in [-0.39, 0.29) is 0 Å². The van der Waals surface area contributed by atoms with Crippen LogP contribution in [-0.2, 0) is 20.2 Å². The van der Waals surface area contributed by atoms with Crippen LogP contribution in [0.3, 0.4) is 0 Å². The van der Waals surface area contributed by atoms with Crippen LogP contribution in [0.4, 0.5) is 5.95 Å². The minimum atomic E-state index is -0.773. The third-order valence-electron chi connectivity index (χ3n) is 5.16. The van der Waals surface area contributed by atoms with Gasteiger partial charge in [0.25, 0.3) is 0 Å². The molecule has 1 aliphatic heterocycles. The fourth-order valence-electron chi connectivity index (χ4n) is 3.45. The standard InChI is InChI=1S/C21H26N6O2/c1-26-12-10-23-19(26)14-29-18-5-3-17(4-6-18)13-22-15-21(28)7-11-27(16-21)20-24-8-2-9-25-20/h2-6,8-10,12,22,28H,7,11,13-16H2,1H3/t21-/m0/s1. The molecule has 3 aromatic rings. The zero-order valence-electron chi connectivity index (χ0n) is 16.5. The molecule has 8 nitrogen and oxygen atoms in total. The fraction of sp³-hybridized carbons (Fsp3) is 0.381. The Morgan fingerprint density at radius 1 is 1.14 bits per heavy atom. The van der Waals surface area contributed by atoms with Crippen LogP contribution in [0.2, 0.25) is 0 Å². The van der Waals surface area contributed by atoms with E-state index in [1.165, 1.54) is 0 Å². The number of hydrogen-bond acceptors (Lipinski definition) is 7. The van der Waals surface area contributed by atoms with E-state index in [9.17, 15) is 5.11 Å². The molecule has 0 amide bonds. The largest absolute Gasteiger partial charge is 0.486 e. The highest BCUT2D eigenvalue weighted by Crippen LogP contribution is 2.23. The molecule has 8 heteroatoms. The van der Waals surface area contributed by atoms with Crippen molar-refractivity contribution in [2.24, 2.45) is 7.05 Å². The molecule has 2 N–H and O–H groups in total. The van der Waals surface area contributed by atoms with Gasteiger partial charge in [0.2, 0.25) is 5.95 Å². The highest BCUT2D eigenvalue weighted by Gasteiger charge is 2.36. The number of imidazole rings is 1. The van der Waals surface area contributed by atoms with Gasteiger partial charge in [0.1, 0.15) is 18.2 Å². The predicted molar refractivity (Wildman–Crippen MR) is 110 cm³/mol. The Morgan fingerprint density at radius 2 is 1.93 bits per heavy atom. The lowest BCUT2D eigenvalue weighted by atomic mass is 10.0. The Kier molecular flexibility index (Phi) is 5.73. The molecule has 1 fully saturated rings. The van der Waals surface area contributed by atoms with Gasteiger partial charge in [-0.05, 0) is 30.2 Å². The lowest BCUT2D eigenvalue weighted by molar-refractivity contribution is 0.0626. The number of aryl methyl sites for hydroxylation is 1. The van der Waals surface area contributed by atoms with Crippen molar-refractivity contribution in [2.45, 2.75) is 25.2 Å². The van der Waals surface area contributed by atoms with Gasteiger partial charge in [0.05, 0.1) is 12.1 Å². The summed E-state index contributed by atoms with van der Waals surface area (Å²) in [6.45, 7) is 2.93. The van der Waals surface area contributed by atoms with Crippen molar-refractivity contribution in [1.29, 1.82) is 0 Å². The fourth-order valence-corrected chi connectivity index (χ4v) is 3.45. The maximum Gasteiger partial charge on any atom is 0.225 e. The quantitative estimate of drug-likeness (QED) is 0.599. The average molecular weight is 394 g/mol. The molecule has 0 bridgehead atoms. The van der Waals surface area contributed by atoms with Crippen LogP contribution in [0.1, 0.15) is 17.8 Å². The van der Waals surface area contributed by atoms with Crippen LogP contribution in [0, 0.1) is 0 Å². The maximum atomic E-state index is 10.8. The third kappa shape index (κ3) is 4.90. The number of nitrogens with one attached hydrogen (secondary N) is 1. The Bertz CT molecular complexity index is 914. The molecule has 4 rings (SSSR count). The van der Waals surface area contributed by atoms with Gasteiger partial charge in [0.15, 0.2) is 0 Å². The first-order valence-corrected chi connectivity index (χ1v) is 9.74. The summed E-state index contributed by atoms with van der Waals surface area (Å²) < 4.78 is 7.72. The van der Waals surface area contributed by atoms with Crippen LogP contribution in [0.25, 0.3) is 0 Å². The molecule has 1 aliphatic rings. The van der Waals surface area contributed by atoms with Gasteiger partial charge in [-0.2, -0.15) is 0 Å². The normalized spacial score (nSPS) is 18.9. The maximum absolute atomic E-state index is 10.8. The highest BCUT2D eigenvalue weighted by atomic mass is 16.5. The van der Waals surface area contributed by atoms with E-state index in [0.29, 0.717) is 38.6 Å². The Hall–Kier alpha value is -2.97. The molecule has 29 heavy (non-hydrogen) atoms. The van der Waals surface area contributed by atoms with Crippen LogP contribution in [0.15, 0.2) is 55.1 Å². The summed E-state index contributed by atoms with van der Waals surface area (Å²) in [6.07, 6.45) is 7.80. The molecule has 1 atom stereocenters.